The molecule has 4 aromatic heterocycles. The van der Waals surface area contributed by atoms with Gasteiger partial charge in [0.1, 0.15) is 36.3 Å². The van der Waals surface area contributed by atoms with Crippen molar-refractivity contribution in [3.05, 3.63) is 29.3 Å². The van der Waals surface area contributed by atoms with Crippen molar-refractivity contribution >= 4 is 52.2 Å². The molecular weight excluding hydrogens is 655 g/mol. The van der Waals surface area contributed by atoms with E-state index < -0.39 is 86.1 Å². The van der Waals surface area contributed by atoms with E-state index in [0.29, 0.717) is 0 Å². The summed E-state index contributed by atoms with van der Waals surface area (Å²) in [6, 6.07) is 0. The van der Waals surface area contributed by atoms with E-state index >= 15 is 8.78 Å². The molecule has 0 amide bonds. The number of hydrogen-bond donors (Lipinski definition) is 5. The molecule has 7 rings (SSSR count). The van der Waals surface area contributed by atoms with Crippen LogP contribution in [0.25, 0.3) is 22.3 Å². The van der Waals surface area contributed by atoms with Crippen molar-refractivity contribution in [2.45, 2.75) is 49.2 Å². The number of fused-ring (bicyclic) bond motifs is 4. The van der Waals surface area contributed by atoms with Crippen molar-refractivity contribution in [3.8, 4) is 0 Å². The number of aromatic nitrogens is 8. The quantitative estimate of drug-likeness (QED) is 0.148. The lowest BCUT2D eigenvalue weighted by atomic mass is 10.1. The predicted molar refractivity (Wildman–Crippen MR) is 142 cm³/mol. The lowest BCUT2D eigenvalue weighted by molar-refractivity contribution is -0.0496. The lowest BCUT2D eigenvalue weighted by Gasteiger charge is -2.26. The topological polar surface area (TPSA) is 289 Å². The third kappa shape index (κ3) is 5.22. The van der Waals surface area contributed by atoms with Crippen LogP contribution in [0.2, 0.25) is 0 Å². The van der Waals surface area contributed by atoms with E-state index in [0.717, 1.165) is 28.1 Å². The third-order valence-electron chi connectivity index (χ3n) is 7.28. The molecule has 25 heteroatoms. The monoisotopic (exact) mass is 677 g/mol. The zero-order chi connectivity index (χ0) is 31.8. The van der Waals surface area contributed by atoms with Crippen molar-refractivity contribution < 1.29 is 49.4 Å². The Morgan fingerprint density at radius 3 is 2.40 bits per heavy atom. The van der Waals surface area contributed by atoms with Crippen LogP contribution in [0.4, 0.5) is 20.5 Å². The normalized spacial score (nSPS) is 35.5. The number of phosphoric acid groups is 1. The molecule has 242 valence electrons. The van der Waals surface area contributed by atoms with Gasteiger partial charge in [-0.1, -0.05) is 0 Å². The van der Waals surface area contributed by atoms with E-state index in [2.05, 4.69) is 29.9 Å². The Kier molecular flexibility index (Phi) is 7.10. The first kappa shape index (κ1) is 29.9. The van der Waals surface area contributed by atoms with Crippen LogP contribution < -0.4 is 21.7 Å². The van der Waals surface area contributed by atoms with Gasteiger partial charge in [-0.2, -0.15) is 18.1 Å². The number of phosphoric ester groups is 1. The molecule has 0 bridgehead atoms. The minimum Gasteiger partial charge on any atom is -0.382 e. The van der Waals surface area contributed by atoms with Crippen LogP contribution in [-0.2, 0) is 37.6 Å². The number of anilines is 2. The second kappa shape index (κ2) is 10.7. The fourth-order valence-electron chi connectivity index (χ4n) is 5.28. The summed E-state index contributed by atoms with van der Waals surface area (Å²) in [4.78, 5) is 44.5. The van der Waals surface area contributed by atoms with Crippen LogP contribution in [0.5, 0.6) is 0 Å². The highest BCUT2D eigenvalue weighted by Gasteiger charge is 2.54. The highest BCUT2D eigenvalue weighted by Crippen LogP contribution is 2.50. The maximum atomic E-state index is 15.9. The molecule has 3 fully saturated rings. The molecule has 0 aliphatic carbocycles. The number of rotatable bonds is 2. The lowest BCUT2D eigenvalue weighted by Crippen LogP contribution is -2.45. The second-order valence-corrected chi connectivity index (χ2v) is 12.9. The number of nitrogens with zero attached hydrogens (tertiary/aromatic N) is 7. The number of alkyl halides is 2. The Morgan fingerprint density at radius 1 is 0.978 bits per heavy atom. The zero-order valence-corrected chi connectivity index (χ0v) is 24.0. The summed E-state index contributed by atoms with van der Waals surface area (Å²) in [6.45, 7) is -1.72. The molecule has 0 spiro atoms. The first-order valence-electron chi connectivity index (χ1n) is 12.9. The summed E-state index contributed by atoms with van der Waals surface area (Å²) in [7, 11) is -9.99. The number of nitrogens with one attached hydrogen (secondary N) is 2. The number of halogens is 2. The summed E-state index contributed by atoms with van der Waals surface area (Å²) in [5.74, 6) is -0.330. The zero-order valence-electron chi connectivity index (χ0n) is 22.3. The van der Waals surface area contributed by atoms with Gasteiger partial charge in [-0.25, -0.2) is 37.5 Å². The van der Waals surface area contributed by atoms with E-state index in [1.54, 1.807) is 0 Å². The molecule has 0 saturated carbocycles. The van der Waals surface area contributed by atoms with Crippen molar-refractivity contribution in [1.82, 2.24) is 43.8 Å². The van der Waals surface area contributed by atoms with Gasteiger partial charge in [-0.3, -0.25) is 28.0 Å². The van der Waals surface area contributed by atoms with E-state index in [1.165, 1.54) is 0 Å². The van der Waals surface area contributed by atoms with Crippen LogP contribution in [0, 0.1) is 0 Å². The summed E-state index contributed by atoms with van der Waals surface area (Å²) in [5.41, 5.74) is 10.4. The Bertz CT molecular complexity index is 2010. The summed E-state index contributed by atoms with van der Waals surface area (Å²) >= 11 is 0. The molecule has 0 radical (unpaired) electrons. The maximum Gasteiger partial charge on any atom is 0.472 e. The van der Waals surface area contributed by atoms with Gasteiger partial charge >= 0.3 is 18.1 Å². The molecular formula is C20H22F2N11O10PS. The molecule has 4 aromatic rings. The number of ether oxygens (including phenoxy) is 2. The fraction of sp³-hybridized carbons (Fsp3) is 0.500. The fourth-order valence-corrected chi connectivity index (χ4v) is 7.19. The smallest absolute Gasteiger partial charge is 0.382 e. The average molecular weight is 678 g/mol. The second-order valence-electron chi connectivity index (χ2n) is 10.1. The van der Waals surface area contributed by atoms with Gasteiger partial charge in [0.2, 0.25) is 5.95 Å². The number of nitrogens with two attached hydrogens (primary N) is 2. The number of aromatic amines is 1. The van der Waals surface area contributed by atoms with Crippen molar-refractivity contribution in [3.63, 3.8) is 0 Å². The number of nitrogen functional groups attached to an aromatic ring is 2. The number of imidazole rings is 2. The first-order valence-corrected chi connectivity index (χ1v) is 15.8. The molecule has 45 heavy (non-hydrogen) atoms. The molecule has 3 saturated heterocycles. The summed E-state index contributed by atoms with van der Waals surface area (Å²) < 4.78 is 101. The van der Waals surface area contributed by atoms with E-state index in [-0.39, 0.29) is 34.1 Å². The van der Waals surface area contributed by atoms with Gasteiger partial charge in [-0.15, -0.1) is 0 Å². The van der Waals surface area contributed by atoms with Crippen LogP contribution in [-0.4, -0.2) is 102 Å². The summed E-state index contributed by atoms with van der Waals surface area (Å²) in [5, 5.41) is 0. The Morgan fingerprint density at radius 2 is 1.64 bits per heavy atom. The highest BCUT2D eigenvalue weighted by molar-refractivity contribution is 7.84. The van der Waals surface area contributed by atoms with E-state index in [9.17, 15) is 22.7 Å². The van der Waals surface area contributed by atoms with Gasteiger partial charge < -0.3 is 25.8 Å². The minimum atomic E-state index is -5.16. The van der Waals surface area contributed by atoms with Crippen molar-refractivity contribution in [2.75, 3.05) is 24.6 Å². The molecule has 0 aromatic carbocycles. The minimum absolute atomic E-state index is 0.00971. The molecule has 1 unspecified atom stereocenters. The standard InChI is InChI=1S/C20H22F2N11O10PS/c21-8-12-6(40-18(8)32-4-27-10-14(23)25-3-26-15(10)32)1-29-45(37,38)43-13-7(2-39-44(35,36)42-12)41-19(9(13)22)33-5-28-11-16(33)30-20(24)31-17(11)34/h3-9,12-13,18-19,29H,1-2H2,(H,35,36)(H2,23,25,26)(H3,24,30,31,34)/t6-,7-,8-,9+,12-,13-,18-,19-/m1/s1. The predicted octanol–water partition coefficient (Wildman–Crippen LogP) is -1.67. The van der Waals surface area contributed by atoms with E-state index in [4.69, 9.17) is 34.2 Å². The van der Waals surface area contributed by atoms with Gasteiger partial charge in [0.05, 0.1) is 19.3 Å². The Balaban J connectivity index is 1.17. The maximum absolute atomic E-state index is 15.9. The van der Waals surface area contributed by atoms with Gasteiger partial charge in [0.25, 0.3) is 5.56 Å². The van der Waals surface area contributed by atoms with Crippen LogP contribution in [0.15, 0.2) is 23.8 Å². The van der Waals surface area contributed by atoms with Gasteiger partial charge in [0.15, 0.2) is 47.4 Å². The number of hydrogen-bond acceptors (Lipinski definition) is 16. The Labute approximate surface area is 248 Å². The molecule has 7 heterocycles. The van der Waals surface area contributed by atoms with Gasteiger partial charge in [0, 0.05) is 6.54 Å². The molecule has 7 N–H and O–H groups in total. The first-order chi connectivity index (χ1) is 21.3. The molecule has 9 atom stereocenters. The average Bonchev–Trinajstić information content (AvgIpc) is 3.72. The largest absolute Gasteiger partial charge is 0.472 e. The SMILES string of the molecule is Nc1nc2c(ncn2[C@@H]2O[C@@H]3COP(=O)(O)O[C@H]4[C@@H](F)[C@H](n5cnc6c(N)ncnc65)O[C@@H]4CNS(=O)(=O)O[C@H]3[C@@H]2F)c(=O)[nH]1. The van der Waals surface area contributed by atoms with Crippen LogP contribution in [0.1, 0.15) is 12.5 Å². The molecule has 3 aliphatic heterocycles. The van der Waals surface area contributed by atoms with Crippen LogP contribution in [0.3, 0.4) is 0 Å². The van der Waals surface area contributed by atoms with Crippen LogP contribution >= 0.6 is 7.82 Å². The number of H-pyrrole nitrogens is 1. The summed E-state index contributed by atoms with van der Waals surface area (Å²) in [6.07, 6.45) is -11.6. The highest BCUT2D eigenvalue weighted by atomic mass is 32.2. The van der Waals surface area contributed by atoms with Crippen molar-refractivity contribution in [1.29, 1.82) is 0 Å². The van der Waals surface area contributed by atoms with E-state index in [1.807, 2.05) is 4.72 Å². The molecule has 3 aliphatic rings. The molecule has 21 nitrogen and oxygen atoms in total. The van der Waals surface area contributed by atoms with Crippen molar-refractivity contribution in [2.24, 2.45) is 0 Å². The Hall–Kier alpha value is -3.74. The van der Waals surface area contributed by atoms with Gasteiger partial charge in [-0.05, 0) is 0 Å². The third-order valence-corrected chi connectivity index (χ3v) is 9.26.